The van der Waals surface area contributed by atoms with Crippen LogP contribution in [0.25, 0.3) is 11.5 Å². The van der Waals surface area contributed by atoms with E-state index in [0.717, 1.165) is 0 Å². The molecule has 0 aliphatic carbocycles. The maximum Gasteiger partial charge on any atom is 0.353 e. The van der Waals surface area contributed by atoms with Crippen molar-refractivity contribution in [3.8, 4) is 11.5 Å². The van der Waals surface area contributed by atoms with E-state index in [4.69, 9.17) is 5.11 Å². The first-order valence-corrected chi connectivity index (χ1v) is 3.85. The number of aromatic carboxylic acids is 1. The van der Waals surface area contributed by atoms with Crippen LogP contribution in [0, 0.1) is 6.92 Å². The lowest BCUT2D eigenvalue weighted by molar-refractivity contribution is 0.0690. The van der Waals surface area contributed by atoms with Gasteiger partial charge in [-0.05, 0) is 6.92 Å². The summed E-state index contributed by atoms with van der Waals surface area (Å²) in [4.78, 5) is 14.5. The third-order valence-electron chi connectivity index (χ3n) is 1.63. The van der Waals surface area contributed by atoms with Crippen LogP contribution < -0.4 is 0 Å². The Balaban J connectivity index is 2.38. The van der Waals surface area contributed by atoms with Gasteiger partial charge in [-0.25, -0.2) is 9.78 Å². The first-order chi connectivity index (χ1) is 6.66. The third-order valence-corrected chi connectivity index (χ3v) is 1.63. The monoisotopic (exact) mass is 193 g/mol. The van der Waals surface area contributed by atoms with Gasteiger partial charge in [0.05, 0.1) is 0 Å². The summed E-state index contributed by atoms with van der Waals surface area (Å²) >= 11 is 0. The van der Waals surface area contributed by atoms with Crippen molar-refractivity contribution in [2.24, 2.45) is 0 Å². The summed E-state index contributed by atoms with van der Waals surface area (Å²) in [6, 6.07) is 1.38. The molecule has 0 unspecified atom stereocenters. The smallest absolute Gasteiger partial charge is 0.353 e. The number of hydrogen-bond acceptors (Lipinski definition) is 4. The van der Waals surface area contributed by atoms with Crippen molar-refractivity contribution < 1.29 is 9.90 Å². The lowest BCUT2D eigenvalue weighted by Crippen LogP contribution is -1.95. The average molecular weight is 193 g/mol. The first-order valence-electron chi connectivity index (χ1n) is 3.85. The van der Waals surface area contributed by atoms with Crippen molar-refractivity contribution in [2.75, 3.05) is 0 Å². The number of carbonyl (C=O) groups is 1. The van der Waals surface area contributed by atoms with Crippen LogP contribution in [0.4, 0.5) is 0 Å². The summed E-state index contributed by atoms with van der Waals surface area (Å²) in [5, 5.41) is 21.3. The molecule has 0 aromatic carbocycles. The maximum atomic E-state index is 10.5. The van der Waals surface area contributed by atoms with Gasteiger partial charge < -0.3 is 5.11 Å². The van der Waals surface area contributed by atoms with Crippen LogP contribution in [0.1, 0.15) is 16.3 Å². The van der Waals surface area contributed by atoms with E-state index in [1.54, 1.807) is 6.92 Å². The third kappa shape index (κ3) is 1.35. The van der Waals surface area contributed by atoms with E-state index in [1.165, 1.54) is 6.07 Å². The number of nitrogens with zero attached hydrogens (tertiary/aromatic N) is 3. The fraction of sp³-hybridized carbons (Fsp3) is 0.143. The predicted octanol–water partition coefficient (Wildman–Crippen LogP) is 0.201. The zero-order chi connectivity index (χ0) is 10.1. The summed E-state index contributed by atoms with van der Waals surface area (Å²) in [6.45, 7) is 1.75. The standard InChI is InChI=1S/C7H7N5O2/c1-3-8-6(12-9-3)4-2-5(7(13)14)11-10-4/h2H,1H3,(H,10,11)(H,13,14)(H,8,9,12). The molecule has 7 nitrogen and oxygen atoms in total. The molecule has 0 aliphatic rings. The van der Waals surface area contributed by atoms with Gasteiger partial charge in [-0.15, -0.1) is 0 Å². The molecule has 0 spiro atoms. The Morgan fingerprint density at radius 1 is 1.43 bits per heavy atom. The Morgan fingerprint density at radius 3 is 2.71 bits per heavy atom. The zero-order valence-corrected chi connectivity index (χ0v) is 7.27. The first kappa shape index (κ1) is 8.42. The Labute approximate surface area is 78.2 Å². The second-order valence-corrected chi connectivity index (χ2v) is 2.72. The molecule has 0 saturated carbocycles. The largest absolute Gasteiger partial charge is 0.477 e. The van der Waals surface area contributed by atoms with Gasteiger partial charge in [0.25, 0.3) is 0 Å². The van der Waals surface area contributed by atoms with Crippen molar-refractivity contribution >= 4 is 5.97 Å². The van der Waals surface area contributed by atoms with Gasteiger partial charge in [0.1, 0.15) is 17.2 Å². The van der Waals surface area contributed by atoms with E-state index in [1.807, 2.05) is 0 Å². The second-order valence-electron chi connectivity index (χ2n) is 2.72. The molecule has 0 fully saturated rings. The molecule has 0 radical (unpaired) electrons. The number of carboxylic acids is 1. The molecule has 3 N–H and O–H groups in total. The van der Waals surface area contributed by atoms with Gasteiger partial charge in [0, 0.05) is 6.07 Å². The topological polar surface area (TPSA) is 108 Å². The maximum absolute atomic E-state index is 10.5. The van der Waals surface area contributed by atoms with Crippen LogP contribution in [0.5, 0.6) is 0 Å². The highest BCUT2D eigenvalue weighted by atomic mass is 16.4. The Hall–Kier alpha value is -2.18. The van der Waals surface area contributed by atoms with Crippen LogP contribution in [0.3, 0.4) is 0 Å². The van der Waals surface area contributed by atoms with E-state index in [2.05, 4.69) is 25.4 Å². The van der Waals surface area contributed by atoms with Crippen molar-refractivity contribution in [3.63, 3.8) is 0 Å². The second kappa shape index (κ2) is 2.95. The van der Waals surface area contributed by atoms with Gasteiger partial charge in [-0.2, -0.15) is 10.2 Å². The molecule has 0 saturated heterocycles. The summed E-state index contributed by atoms with van der Waals surface area (Å²) in [7, 11) is 0. The highest BCUT2D eigenvalue weighted by Gasteiger charge is 2.11. The van der Waals surface area contributed by atoms with E-state index < -0.39 is 5.97 Å². The van der Waals surface area contributed by atoms with E-state index in [-0.39, 0.29) is 5.69 Å². The molecule has 2 aromatic rings. The molecule has 0 atom stereocenters. The normalized spacial score (nSPS) is 10.4. The fourth-order valence-electron chi connectivity index (χ4n) is 1.00. The number of hydrogen-bond donors (Lipinski definition) is 3. The number of aryl methyl sites for hydroxylation is 1. The summed E-state index contributed by atoms with van der Waals surface area (Å²) in [5.41, 5.74) is 0.425. The van der Waals surface area contributed by atoms with Gasteiger partial charge in [-0.1, -0.05) is 0 Å². The number of nitrogens with one attached hydrogen (secondary N) is 2. The molecular formula is C7H7N5O2. The quantitative estimate of drug-likeness (QED) is 0.631. The van der Waals surface area contributed by atoms with Crippen LogP contribution in [-0.2, 0) is 0 Å². The zero-order valence-electron chi connectivity index (χ0n) is 7.27. The minimum atomic E-state index is -1.06. The molecule has 14 heavy (non-hydrogen) atoms. The van der Waals surface area contributed by atoms with Gasteiger partial charge in [0.15, 0.2) is 0 Å². The molecule has 7 heteroatoms. The minimum Gasteiger partial charge on any atom is -0.477 e. The Kier molecular flexibility index (Phi) is 1.77. The number of carboxylic acid groups (broad SMARTS) is 1. The van der Waals surface area contributed by atoms with E-state index >= 15 is 0 Å². The summed E-state index contributed by atoms with van der Waals surface area (Å²) < 4.78 is 0. The van der Waals surface area contributed by atoms with Gasteiger partial charge in [0.2, 0.25) is 5.82 Å². The summed E-state index contributed by atoms with van der Waals surface area (Å²) in [6.07, 6.45) is 0. The molecular weight excluding hydrogens is 186 g/mol. The Morgan fingerprint density at radius 2 is 2.21 bits per heavy atom. The van der Waals surface area contributed by atoms with E-state index in [0.29, 0.717) is 17.3 Å². The van der Waals surface area contributed by atoms with Gasteiger partial charge in [-0.3, -0.25) is 10.2 Å². The number of aromatic amines is 2. The lowest BCUT2D eigenvalue weighted by Gasteiger charge is -1.82. The fourth-order valence-corrected chi connectivity index (χ4v) is 1.00. The van der Waals surface area contributed by atoms with Crippen molar-refractivity contribution in [1.29, 1.82) is 0 Å². The van der Waals surface area contributed by atoms with Crippen molar-refractivity contribution in [3.05, 3.63) is 17.6 Å². The number of aromatic nitrogens is 5. The molecule has 0 aliphatic heterocycles. The van der Waals surface area contributed by atoms with Crippen LogP contribution in [0.2, 0.25) is 0 Å². The highest BCUT2D eigenvalue weighted by Crippen LogP contribution is 2.11. The van der Waals surface area contributed by atoms with Crippen LogP contribution in [0.15, 0.2) is 6.07 Å². The average Bonchev–Trinajstić information content (AvgIpc) is 2.70. The van der Waals surface area contributed by atoms with Crippen molar-refractivity contribution in [1.82, 2.24) is 25.4 Å². The predicted molar refractivity (Wildman–Crippen MR) is 45.7 cm³/mol. The Bertz CT molecular complexity index is 472. The molecule has 2 aromatic heterocycles. The SMILES string of the molecule is Cc1nc(-c2cc(C(=O)O)[nH]n2)n[nH]1. The minimum absolute atomic E-state index is 0.0162. The van der Waals surface area contributed by atoms with E-state index in [9.17, 15) is 4.79 Å². The lowest BCUT2D eigenvalue weighted by atomic mass is 10.3. The van der Waals surface area contributed by atoms with Crippen LogP contribution in [-0.4, -0.2) is 36.5 Å². The van der Waals surface area contributed by atoms with Gasteiger partial charge >= 0.3 is 5.97 Å². The van der Waals surface area contributed by atoms with Crippen LogP contribution >= 0.6 is 0 Å². The molecule has 72 valence electrons. The molecule has 0 amide bonds. The summed E-state index contributed by atoms with van der Waals surface area (Å²) in [5.74, 6) is -0.0258. The molecule has 0 bridgehead atoms. The highest BCUT2D eigenvalue weighted by molar-refractivity contribution is 5.86. The molecule has 2 rings (SSSR count). The number of rotatable bonds is 2. The number of H-pyrrole nitrogens is 2. The van der Waals surface area contributed by atoms with Crippen molar-refractivity contribution in [2.45, 2.75) is 6.92 Å². The molecule has 2 heterocycles.